The summed E-state index contributed by atoms with van der Waals surface area (Å²) in [7, 11) is 1.55. The van der Waals surface area contributed by atoms with E-state index < -0.39 is 0 Å². The second kappa shape index (κ2) is 11.9. The zero-order valence-electron chi connectivity index (χ0n) is 18.9. The van der Waals surface area contributed by atoms with Gasteiger partial charge in [0.1, 0.15) is 5.75 Å². The van der Waals surface area contributed by atoms with Gasteiger partial charge in [-0.3, -0.25) is 9.59 Å². The number of hydrogen-bond acceptors (Lipinski definition) is 5. The monoisotopic (exact) mass is 488 g/mol. The molecule has 1 fully saturated rings. The van der Waals surface area contributed by atoms with Gasteiger partial charge < -0.3 is 25.2 Å². The minimum atomic E-state index is -0.0805. The van der Waals surface area contributed by atoms with Crippen molar-refractivity contribution in [2.24, 2.45) is 0 Å². The van der Waals surface area contributed by atoms with Gasteiger partial charge in [0.25, 0.3) is 5.91 Å². The summed E-state index contributed by atoms with van der Waals surface area (Å²) in [4.78, 5) is 28.8. The summed E-state index contributed by atoms with van der Waals surface area (Å²) in [5, 5.41) is 6.54. The fraction of sp³-hybridized carbons (Fsp3) is 0.375. The number of halogens is 1. The first-order valence-electron chi connectivity index (χ1n) is 11.0. The van der Waals surface area contributed by atoms with Gasteiger partial charge in [0, 0.05) is 49.0 Å². The number of benzene rings is 2. The molecule has 176 valence electrons. The third-order valence-corrected chi connectivity index (χ3v) is 5.90. The van der Waals surface area contributed by atoms with Crippen LogP contribution in [0.5, 0.6) is 5.75 Å². The molecule has 2 aromatic rings. The van der Waals surface area contributed by atoms with Crippen molar-refractivity contribution in [1.82, 2.24) is 10.2 Å². The molecular formula is C24H29ClN4O3S. The lowest BCUT2D eigenvalue weighted by Crippen LogP contribution is -2.48. The quantitative estimate of drug-likeness (QED) is 0.565. The van der Waals surface area contributed by atoms with E-state index in [2.05, 4.69) is 15.5 Å². The Kier molecular flexibility index (Phi) is 8.91. The predicted molar refractivity (Wildman–Crippen MR) is 136 cm³/mol. The van der Waals surface area contributed by atoms with Crippen molar-refractivity contribution in [3.63, 3.8) is 0 Å². The molecule has 1 heterocycles. The van der Waals surface area contributed by atoms with Gasteiger partial charge in [-0.05, 0) is 61.1 Å². The third kappa shape index (κ3) is 6.82. The molecule has 2 aromatic carbocycles. The van der Waals surface area contributed by atoms with Crippen molar-refractivity contribution < 1.29 is 14.3 Å². The average molecular weight is 489 g/mol. The van der Waals surface area contributed by atoms with Crippen LogP contribution in [-0.2, 0) is 4.79 Å². The number of methoxy groups -OCH3 is 1. The largest absolute Gasteiger partial charge is 0.496 e. The maximum Gasteiger partial charge on any atom is 0.257 e. The molecule has 0 atom stereocenters. The number of piperazine rings is 1. The van der Waals surface area contributed by atoms with Crippen LogP contribution in [0.3, 0.4) is 0 Å². The van der Waals surface area contributed by atoms with Crippen molar-refractivity contribution in [2.75, 3.05) is 43.5 Å². The Balaban J connectivity index is 1.53. The SMILES string of the molecule is CCCCC(=O)NC(=S)Nc1ccc(N2CCN(C(=O)c3cc(Cl)ccc3OC)CC2)cc1. The molecule has 1 aliphatic heterocycles. The number of amides is 2. The van der Waals surface area contributed by atoms with Crippen molar-refractivity contribution in [3.05, 3.63) is 53.1 Å². The minimum absolute atomic E-state index is 0.0752. The highest BCUT2D eigenvalue weighted by Gasteiger charge is 2.24. The molecule has 0 bridgehead atoms. The smallest absolute Gasteiger partial charge is 0.257 e. The molecule has 3 rings (SSSR count). The number of rotatable bonds is 7. The van der Waals surface area contributed by atoms with Gasteiger partial charge in [0.2, 0.25) is 5.91 Å². The lowest BCUT2D eigenvalue weighted by atomic mass is 10.1. The van der Waals surface area contributed by atoms with Gasteiger partial charge in [0.15, 0.2) is 5.11 Å². The Morgan fingerprint density at radius 1 is 1.09 bits per heavy atom. The van der Waals surface area contributed by atoms with E-state index in [1.165, 1.54) is 0 Å². The lowest BCUT2D eigenvalue weighted by Gasteiger charge is -2.36. The summed E-state index contributed by atoms with van der Waals surface area (Å²) in [5.74, 6) is 0.367. The van der Waals surface area contributed by atoms with Crippen LogP contribution in [0.4, 0.5) is 11.4 Å². The Morgan fingerprint density at radius 3 is 2.42 bits per heavy atom. The van der Waals surface area contributed by atoms with Crippen LogP contribution < -0.4 is 20.3 Å². The first-order chi connectivity index (χ1) is 15.9. The number of nitrogens with zero attached hydrogens (tertiary/aromatic N) is 2. The summed E-state index contributed by atoms with van der Waals surface area (Å²) < 4.78 is 5.32. The van der Waals surface area contributed by atoms with E-state index in [9.17, 15) is 9.59 Å². The average Bonchev–Trinajstić information content (AvgIpc) is 2.82. The van der Waals surface area contributed by atoms with Crippen LogP contribution in [0.25, 0.3) is 0 Å². The van der Waals surface area contributed by atoms with E-state index in [4.69, 9.17) is 28.6 Å². The Hall–Kier alpha value is -2.84. The molecule has 33 heavy (non-hydrogen) atoms. The molecule has 0 saturated carbocycles. The Morgan fingerprint density at radius 2 is 1.79 bits per heavy atom. The molecular weight excluding hydrogens is 460 g/mol. The van der Waals surface area contributed by atoms with Crippen LogP contribution in [0.1, 0.15) is 36.5 Å². The summed E-state index contributed by atoms with van der Waals surface area (Å²) in [6, 6.07) is 12.9. The number of carbonyl (C=O) groups excluding carboxylic acids is 2. The molecule has 0 aromatic heterocycles. The van der Waals surface area contributed by atoms with Gasteiger partial charge in [-0.2, -0.15) is 0 Å². The predicted octanol–water partition coefficient (Wildman–Crippen LogP) is 4.31. The molecule has 0 unspecified atom stereocenters. The van der Waals surface area contributed by atoms with Crippen molar-refractivity contribution in [3.8, 4) is 5.75 Å². The van der Waals surface area contributed by atoms with Gasteiger partial charge in [-0.25, -0.2) is 0 Å². The first kappa shape index (κ1) is 24.8. The maximum absolute atomic E-state index is 13.0. The highest BCUT2D eigenvalue weighted by molar-refractivity contribution is 7.80. The van der Waals surface area contributed by atoms with Crippen LogP contribution in [0.2, 0.25) is 5.02 Å². The fourth-order valence-electron chi connectivity index (χ4n) is 3.63. The van der Waals surface area contributed by atoms with E-state index >= 15 is 0 Å². The summed E-state index contributed by atoms with van der Waals surface area (Å²) >= 11 is 11.3. The summed E-state index contributed by atoms with van der Waals surface area (Å²) in [6.07, 6.45) is 2.27. The molecule has 7 nitrogen and oxygen atoms in total. The molecule has 0 radical (unpaired) electrons. The molecule has 2 N–H and O–H groups in total. The number of ether oxygens (including phenoxy) is 1. The van der Waals surface area contributed by atoms with Crippen LogP contribution in [0.15, 0.2) is 42.5 Å². The summed E-state index contributed by atoms with van der Waals surface area (Å²) in [5.41, 5.74) is 2.35. The van der Waals surface area contributed by atoms with Crippen molar-refractivity contribution in [1.29, 1.82) is 0 Å². The maximum atomic E-state index is 13.0. The molecule has 2 amide bonds. The number of carbonyl (C=O) groups is 2. The molecule has 9 heteroatoms. The molecule has 1 aliphatic rings. The normalized spacial score (nSPS) is 13.4. The summed E-state index contributed by atoms with van der Waals surface area (Å²) in [6.45, 7) is 4.67. The second-order valence-electron chi connectivity index (χ2n) is 7.78. The number of hydrogen-bond donors (Lipinski definition) is 2. The topological polar surface area (TPSA) is 73.9 Å². The van der Waals surface area contributed by atoms with E-state index in [0.29, 0.717) is 54.0 Å². The Bertz CT molecular complexity index is 992. The standard InChI is InChI=1S/C24H29ClN4O3S/c1-3-4-5-22(30)27-24(33)26-18-7-9-19(10-8-18)28-12-14-29(15-13-28)23(31)20-16-17(25)6-11-21(20)32-2/h6-11,16H,3-5,12-15H2,1-2H3,(H2,26,27,30,33). The number of nitrogens with one attached hydrogen (secondary N) is 2. The fourth-order valence-corrected chi connectivity index (χ4v) is 4.03. The molecule has 0 aliphatic carbocycles. The van der Waals surface area contributed by atoms with Crippen LogP contribution in [-0.4, -0.2) is 55.1 Å². The highest BCUT2D eigenvalue weighted by atomic mass is 35.5. The van der Waals surface area contributed by atoms with E-state index in [0.717, 1.165) is 24.2 Å². The van der Waals surface area contributed by atoms with E-state index in [1.807, 2.05) is 36.1 Å². The van der Waals surface area contributed by atoms with Crippen LogP contribution in [0, 0.1) is 0 Å². The minimum Gasteiger partial charge on any atom is -0.496 e. The number of anilines is 2. The molecule has 0 spiro atoms. The van der Waals surface area contributed by atoms with Gasteiger partial charge >= 0.3 is 0 Å². The van der Waals surface area contributed by atoms with Gasteiger partial charge in [-0.15, -0.1) is 0 Å². The second-order valence-corrected chi connectivity index (χ2v) is 8.62. The zero-order valence-corrected chi connectivity index (χ0v) is 20.5. The lowest BCUT2D eigenvalue weighted by molar-refractivity contribution is -0.119. The van der Waals surface area contributed by atoms with E-state index in [-0.39, 0.29) is 11.8 Å². The third-order valence-electron chi connectivity index (χ3n) is 5.46. The zero-order chi connectivity index (χ0) is 23.8. The Labute approximate surface area is 205 Å². The highest BCUT2D eigenvalue weighted by Crippen LogP contribution is 2.25. The molecule has 1 saturated heterocycles. The number of thiocarbonyl (C=S) groups is 1. The van der Waals surface area contributed by atoms with Crippen molar-refractivity contribution in [2.45, 2.75) is 26.2 Å². The van der Waals surface area contributed by atoms with Crippen molar-refractivity contribution >= 4 is 52.1 Å². The number of unbranched alkanes of at least 4 members (excludes halogenated alkanes) is 1. The first-order valence-corrected chi connectivity index (χ1v) is 11.8. The van der Waals surface area contributed by atoms with E-state index in [1.54, 1.807) is 25.3 Å². The van der Waals surface area contributed by atoms with Gasteiger partial charge in [0.05, 0.1) is 12.7 Å². The van der Waals surface area contributed by atoms with Crippen LogP contribution >= 0.6 is 23.8 Å². The van der Waals surface area contributed by atoms with Gasteiger partial charge in [-0.1, -0.05) is 24.9 Å².